The van der Waals surface area contributed by atoms with Gasteiger partial charge in [0.2, 0.25) is 0 Å². The van der Waals surface area contributed by atoms with Crippen LogP contribution in [-0.4, -0.2) is 17.5 Å². The minimum Gasteiger partial charge on any atom is -0.497 e. The van der Waals surface area contributed by atoms with Crippen LogP contribution < -0.4 is 15.5 Å². The van der Waals surface area contributed by atoms with Crippen LogP contribution in [0.1, 0.15) is 0 Å². The van der Waals surface area contributed by atoms with E-state index >= 15 is 0 Å². The second-order valence-corrected chi connectivity index (χ2v) is 2.94. The quantitative estimate of drug-likeness (QED) is 0.751. The van der Waals surface area contributed by atoms with Gasteiger partial charge in [0.1, 0.15) is 5.75 Å². The van der Waals surface area contributed by atoms with Gasteiger partial charge in [0, 0.05) is 6.07 Å². The van der Waals surface area contributed by atoms with Gasteiger partial charge in [-0.2, -0.15) is 5.06 Å². The summed E-state index contributed by atoms with van der Waals surface area (Å²) < 4.78 is 5.06. The minimum absolute atomic E-state index is 0.109. The molecule has 0 saturated heterocycles. The van der Waals surface area contributed by atoms with Gasteiger partial charge < -0.3 is 10.5 Å². The smallest absolute Gasteiger partial charge is 0.176 e. The first kappa shape index (κ1) is 9.63. The predicted molar refractivity (Wildman–Crippen MR) is 52.5 cm³/mol. The van der Waals surface area contributed by atoms with Crippen LogP contribution in [0.15, 0.2) is 36.3 Å². The summed E-state index contributed by atoms with van der Waals surface area (Å²) in [7, 11) is 1.58. The second kappa shape index (κ2) is 3.68. The molecule has 0 radical (unpaired) electrons. The van der Waals surface area contributed by atoms with Gasteiger partial charge in [-0.1, -0.05) is 11.3 Å². The van der Waals surface area contributed by atoms with Crippen molar-refractivity contribution >= 4 is 5.69 Å². The van der Waals surface area contributed by atoms with Crippen LogP contribution >= 0.6 is 0 Å². The maximum atomic E-state index is 9.10. The highest BCUT2D eigenvalue weighted by Gasteiger charge is 2.20. The van der Waals surface area contributed by atoms with E-state index in [0.29, 0.717) is 16.7 Å². The Morgan fingerprint density at radius 2 is 2.27 bits per heavy atom. The van der Waals surface area contributed by atoms with Crippen LogP contribution in [0.3, 0.4) is 0 Å². The molecule has 0 bridgehead atoms. The molecular weight excluding hydrogens is 198 g/mol. The number of anilines is 1. The number of ether oxygens (including phenoxy) is 1. The van der Waals surface area contributed by atoms with Gasteiger partial charge in [-0.25, -0.2) is 0 Å². The van der Waals surface area contributed by atoms with Crippen LogP contribution in [-0.2, 0) is 4.94 Å². The van der Waals surface area contributed by atoms with E-state index in [2.05, 4.69) is 0 Å². The van der Waals surface area contributed by atoms with E-state index in [9.17, 15) is 0 Å². The number of hydrogen-bond acceptors (Lipinski definition) is 6. The fourth-order valence-corrected chi connectivity index (χ4v) is 1.19. The fraction of sp³-hybridized carbons (Fsp3) is 0.111. The molecule has 1 aliphatic rings. The molecule has 0 saturated carbocycles. The maximum Gasteiger partial charge on any atom is 0.176 e. The molecule has 3 N–H and O–H groups in total. The standard InChI is InChI=1S/C9H11N3O3/c1-14-8-4-2-3-7(5-8)11-6-9(10)12(13)15-11/h2-6,13H,10H2,1H3. The van der Waals surface area contributed by atoms with Crippen molar-refractivity contribution in [3.63, 3.8) is 0 Å². The van der Waals surface area contributed by atoms with E-state index in [0.717, 1.165) is 0 Å². The summed E-state index contributed by atoms with van der Waals surface area (Å²) in [5.74, 6) is 0.803. The zero-order valence-electron chi connectivity index (χ0n) is 8.12. The molecule has 1 heterocycles. The van der Waals surface area contributed by atoms with E-state index < -0.39 is 0 Å². The predicted octanol–water partition coefficient (Wildman–Crippen LogP) is 0.811. The molecule has 15 heavy (non-hydrogen) atoms. The topological polar surface area (TPSA) is 71.2 Å². The number of benzene rings is 1. The molecule has 0 atom stereocenters. The number of hydrogen-bond donors (Lipinski definition) is 2. The third-order valence-corrected chi connectivity index (χ3v) is 1.94. The van der Waals surface area contributed by atoms with E-state index in [4.69, 9.17) is 20.6 Å². The highest BCUT2D eigenvalue weighted by Crippen LogP contribution is 2.25. The van der Waals surface area contributed by atoms with Crippen LogP contribution in [0.5, 0.6) is 5.75 Å². The summed E-state index contributed by atoms with van der Waals surface area (Å²) in [6.07, 6.45) is 1.45. The molecule has 0 aromatic heterocycles. The van der Waals surface area contributed by atoms with Crippen molar-refractivity contribution in [3.8, 4) is 5.75 Å². The molecule has 1 aliphatic heterocycles. The highest BCUT2D eigenvalue weighted by atomic mass is 17.0. The molecule has 1 aromatic carbocycles. The Hall–Kier alpha value is -1.92. The van der Waals surface area contributed by atoms with E-state index in [-0.39, 0.29) is 5.82 Å². The molecule has 0 unspecified atom stereocenters. The lowest BCUT2D eigenvalue weighted by molar-refractivity contribution is -0.304. The van der Waals surface area contributed by atoms with Crippen LogP contribution in [0.25, 0.3) is 0 Å². The zero-order chi connectivity index (χ0) is 10.8. The maximum absolute atomic E-state index is 9.10. The number of methoxy groups -OCH3 is 1. The van der Waals surface area contributed by atoms with Gasteiger partial charge in [0.05, 0.1) is 19.0 Å². The number of hydroxylamine groups is 3. The summed E-state index contributed by atoms with van der Waals surface area (Å²) in [5.41, 5.74) is 6.12. The Morgan fingerprint density at radius 1 is 1.47 bits per heavy atom. The molecule has 6 heteroatoms. The van der Waals surface area contributed by atoms with Crippen molar-refractivity contribution in [1.29, 1.82) is 0 Å². The van der Waals surface area contributed by atoms with E-state index in [1.165, 1.54) is 11.3 Å². The first-order valence-corrected chi connectivity index (χ1v) is 4.28. The fourth-order valence-electron chi connectivity index (χ4n) is 1.19. The second-order valence-electron chi connectivity index (χ2n) is 2.94. The molecule has 1 aromatic rings. The normalized spacial score (nSPS) is 15.5. The summed E-state index contributed by atoms with van der Waals surface area (Å²) in [6.45, 7) is 0. The monoisotopic (exact) mass is 209 g/mol. The zero-order valence-corrected chi connectivity index (χ0v) is 8.12. The van der Waals surface area contributed by atoms with Gasteiger partial charge in [0.15, 0.2) is 5.82 Å². The summed E-state index contributed by atoms with van der Waals surface area (Å²) in [5, 5.41) is 10.9. The summed E-state index contributed by atoms with van der Waals surface area (Å²) in [6, 6.07) is 7.17. The van der Waals surface area contributed by atoms with Crippen molar-refractivity contribution in [2.24, 2.45) is 5.73 Å². The van der Waals surface area contributed by atoms with Crippen molar-refractivity contribution in [2.75, 3.05) is 12.2 Å². The van der Waals surface area contributed by atoms with Crippen molar-refractivity contribution in [1.82, 2.24) is 5.23 Å². The molecule has 0 amide bonds. The van der Waals surface area contributed by atoms with Crippen LogP contribution in [0, 0.1) is 0 Å². The van der Waals surface area contributed by atoms with Gasteiger partial charge in [-0.05, 0) is 12.1 Å². The number of nitrogens with zero attached hydrogens (tertiary/aromatic N) is 2. The number of rotatable bonds is 2. The first-order valence-electron chi connectivity index (χ1n) is 4.28. The SMILES string of the molecule is COc1cccc(N2C=C(N)N(O)O2)c1. The Morgan fingerprint density at radius 3 is 2.87 bits per heavy atom. The summed E-state index contributed by atoms with van der Waals surface area (Å²) >= 11 is 0. The average Bonchev–Trinajstić information content (AvgIpc) is 2.59. The largest absolute Gasteiger partial charge is 0.497 e. The third-order valence-electron chi connectivity index (χ3n) is 1.94. The minimum atomic E-state index is 0.109. The van der Waals surface area contributed by atoms with E-state index in [1.807, 2.05) is 12.1 Å². The molecule has 0 fully saturated rings. The van der Waals surface area contributed by atoms with Gasteiger partial charge in [-0.15, -0.1) is 4.94 Å². The first-order chi connectivity index (χ1) is 7.20. The lowest BCUT2D eigenvalue weighted by Gasteiger charge is -2.15. The highest BCUT2D eigenvalue weighted by molar-refractivity contribution is 5.51. The van der Waals surface area contributed by atoms with Gasteiger partial charge in [0.25, 0.3) is 0 Å². The summed E-state index contributed by atoms with van der Waals surface area (Å²) in [4.78, 5) is 4.91. The Bertz CT molecular complexity index is 394. The molecule has 80 valence electrons. The van der Waals surface area contributed by atoms with Crippen LogP contribution in [0.4, 0.5) is 5.69 Å². The third kappa shape index (κ3) is 1.80. The van der Waals surface area contributed by atoms with Crippen molar-refractivity contribution < 1.29 is 14.9 Å². The average molecular weight is 209 g/mol. The lowest BCUT2D eigenvalue weighted by Crippen LogP contribution is -2.22. The molecule has 2 rings (SSSR count). The van der Waals surface area contributed by atoms with Crippen molar-refractivity contribution in [2.45, 2.75) is 0 Å². The molecule has 0 spiro atoms. The van der Waals surface area contributed by atoms with Gasteiger partial charge in [-0.3, -0.25) is 5.21 Å². The lowest BCUT2D eigenvalue weighted by atomic mass is 10.3. The molecular formula is C9H11N3O3. The Labute approximate surface area is 86.6 Å². The Balaban J connectivity index is 2.24. The van der Waals surface area contributed by atoms with Gasteiger partial charge >= 0.3 is 0 Å². The van der Waals surface area contributed by atoms with E-state index in [1.54, 1.807) is 19.2 Å². The van der Waals surface area contributed by atoms with Crippen molar-refractivity contribution in [3.05, 3.63) is 36.3 Å². The Kier molecular flexibility index (Phi) is 2.36. The van der Waals surface area contributed by atoms with Crippen LogP contribution in [0.2, 0.25) is 0 Å². The number of nitrogens with two attached hydrogens (primary N) is 1. The molecule has 6 nitrogen and oxygen atoms in total. The molecule has 0 aliphatic carbocycles.